The molecule has 130 valence electrons. The zero-order valence-electron chi connectivity index (χ0n) is 12.0. The molecule has 0 aliphatic carbocycles. The van der Waals surface area contributed by atoms with Gasteiger partial charge in [0, 0.05) is 0 Å². The van der Waals surface area contributed by atoms with Crippen LogP contribution in [0, 0.1) is 0 Å². The number of carboxylic acids is 1. The number of hydrogen-bond acceptors (Lipinski definition) is 5. The van der Waals surface area contributed by atoms with Gasteiger partial charge in [0.05, 0.1) is 7.11 Å². The maximum atomic E-state index is 12.2. The first-order chi connectivity index (χ1) is 10.6. The first-order valence-electron chi connectivity index (χ1n) is 6.42. The second-order valence-electron chi connectivity index (χ2n) is 4.53. The molecule has 0 amide bonds. The van der Waals surface area contributed by atoms with Gasteiger partial charge >= 0.3 is 21.6 Å². The molecule has 6 nitrogen and oxygen atoms in total. The average molecular weight is 356 g/mol. The summed E-state index contributed by atoms with van der Waals surface area (Å²) in [6.07, 6.45) is -2.10. The Morgan fingerprint density at radius 3 is 2.43 bits per heavy atom. The number of para-hydroxylation sites is 1. The fraction of sp³-hybridized carbons (Fsp3) is 0.462. The number of alkyl halides is 3. The van der Waals surface area contributed by atoms with Crippen LogP contribution >= 0.6 is 0 Å². The summed E-state index contributed by atoms with van der Waals surface area (Å²) < 4.78 is 67.3. The van der Waals surface area contributed by atoms with Crippen molar-refractivity contribution in [3.05, 3.63) is 29.8 Å². The van der Waals surface area contributed by atoms with E-state index in [0.717, 1.165) is 5.56 Å². The van der Waals surface area contributed by atoms with Crippen LogP contribution in [0.25, 0.3) is 0 Å². The highest BCUT2D eigenvalue weighted by Gasteiger charge is 2.49. The molecule has 1 rings (SSSR count). The molecule has 10 heteroatoms. The SMILES string of the molecule is COc1ccccc1CCCC(OS(=O)(=O)C(F)(F)F)C(=O)O. The summed E-state index contributed by atoms with van der Waals surface area (Å²) in [7, 11) is -4.51. The summed E-state index contributed by atoms with van der Waals surface area (Å²) in [5, 5.41) is 8.82. The minimum absolute atomic E-state index is 0.102. The molecule has 1 aromatic carbocycles. The summed E-state index contributed by atoms with van der Waals surface area (Å²) in [6.45, 7) is 0. The van der Waals surface area contributed by atoms with Gasteiger partial charge in [-0.2, -0.15) is 21.6 Å². The highest BCUT2D eigenvalue weighted by atomic mass is 32.2. The van der Waals surface area contributed by atoms with Crippen molar-refractivity contribution < 1.29 is 40.4 Å². The fourth-order valence-electron chi connectivity index (χ4n) is 1.81. The first kappa shape index (κ1) is 19.2. The van der Waals surface area contributed by atoms with Gasteiger partial charge in [-0.1, -0.05) is 18.2 Å². The molecule has 0 radical (unpaired) electrons. The number of carboxylic acid groups (broad SMARTS) is 1. The van der Waals surface area contributed by atoms with Crippen LogP contribution in [0.3, 0.4) is 0 Å². The van der Waals surface area contributed by atoms with Crippen LogP contribution in [-0.4, -0.2) is 38.2 Å². The van der Waals surface area contributed by atoms with Crippen LogP contribution in [-0.2, 0) is 25.5 Å². The van der Waals surface area contributed by atoms with Crippen LogP contribution in [0.15, 0.2) is 24.3 Å². The van der Waals surface area contributed by atoms with E-state index in [9.17, 15) is 26.4 Å². The zero-order chi connectivity index (χ0) is 17.7. The topological polar surface area (TPSA) is 89.9 Å². The highest BCUT2D eigenvalue weighted by molar-refractivity contribution is 7.87. The van der Waals surface area contributed by atoms with E-state index < -0.39 is 34.1 Å². The predicted octanol–water partition coefficient (Wildman–Crippen LogP) is 2.34. The van der Waals surface area contributed by atoms with Gasteiger partial charge in [-0.15, -0.1) is 0 Å². The van der Waals surface area contributed by atoms with Gasteiger partial charge in [0.15, 0.2) is 6.10 Å². The number of halogens is 3. The summed E-state index contributed by atoms with van der Waals surface area (Å²) in [5.74, 6) is -1.24. The molecule has 0 heterocycles. The fourth-order valence-corrected chi connectivity index (χ4v) is 2.40. The van der Waals surface area contributed by atoms with E-state index >= 15 is 0 Å². The largest absolute Gasteiger partial charge is 0.523 e. The summed E-state index contributed by atoms with van der Waals surface area (Å²) in [4.78, 5) is 10.9. The Hall–Kier alpha value is -1.81. The van der Waals surface area contributed by atoms with Crippen molar-refractivity contribution in [1.82, 2.24) is 0 Å². The Morgan fingerprint density at radius 2 is 1.91 bits per heavy atom. The summed E-state index contributed by atoms with van der Waals surface area (Å²) in [6, 6.07) is 6.83. The molecule has 1 N–H and O–H groups in total. The van der Waals surface area contributed by atoms with Crippen molar-refractivity contribution in [3.8, 4) is 5.75 Å². The van der Waals surface area contributed by atoms with Crippen molar-refractivity contribution in [2.45, 2.75) is 30.9 Å². The minimum Gasteiger partial charge on any atom is -0.496 e. The zero-order valence-corrected chi connectivity index (χ0v) is 12.9. The molecule has 1 unspecified atom stereocenters. The molecular formula is C13H15F3O6S. The molecule has 0 bridgehead atoms. The van der Waals surface area contributed by atoms with E-state index in [1.807, 2.05) is 0 Å². The molecule has 0 spiro atoms. The van der Waals surface area contributed by atoms with E-state index in [1.165, 1.54) is 7.11 Å². The normalized spacial score (nSPS) is 13.6. The lowest BCUT2D eigenvalue weighted by atomic mass is 10.1. The molecule has 1 aromatic rings. The van der Waals surface area contributed by atoms with Crippen molar-refractivity contribution in [2.75, 3.05) is 7.11 Å². The predicted molar refractivity (Wildman–Crippen MR) is 73.4 cm³/mol. The Kier molecular flexibility index (Phi) is 6.39. The smallest absolute Gasteiger partial charge is 0.496 e. The molecule has 0 saturated heterocycles. The standard InChI is InChI=1S/C13H15F3O6S/c1-21-10-7-3-2-5-9(10)6-4-8-11(12(17)18)22-23(19,20)13(14,15)16/h2-3,5,7,11H,4,6,8H2,1H3,(H,17,18). The van der Waals surface area contributed by atoms with Crippen LogP contribution in [0.5, 0.6) is 5.75 Å². The number of benzene rings is 1. The Morgan fingerprint density at radius 1 is 1.30 bits per heavy atom. The van der Waals surface area contributed by atoms with Crippen molar-refractivity contribution in [2.24, 2.45) is 0 Å². The van der Waals surface area contributed by atoms with E-state index in [2.05, 4.69) is 4.18 Å². The second-order valence-corrected chi connectivity index (χ2v) is 6.09. The number of aliphatic carboxylic acids is 1. The summed E-state index contributed by atoms with van der Waals surface area (Å²) in [5.41, 5.74) is -4.94. The van der Waals surface area contributed by atoms with Gasteiger partial charge < -0.3 is 9.84 Å². The average Bonchev–Trinajstić information content (AvgIpc) is 2.45. The number of hydrogen-bond donors (Lipinski definition) is 1. The molecule has 0 saturated carbocycles. The van der Waals surface area contributed by atoms with E-state index in [-0.39, 0.29) is 6.42 Å². The second kappa shape index (κ2) is 7.64. The molecule has 0 fully saturated rings. The van der Waals surface area contributed by atoms with Crippen molar-refractivity contribution >= 4 is 16.1 Å². The van der Waals surface area contributed by atoms with Crippen LogP contribution in [0.4, 0.5) is 13.2 Å². The van der Waals surface area contributed by atoms with Crippen molar-refractivity contribution in [3.63, 3.8) is 0 Å². The number of carbonyl (C=O) groups is 1. The maximum Gasteiger partial charge on any atom is 0.523 e. The number of rotatable bonds is 8. The van der Waals surface area contributed by atoms with Crippen LogP contribution < -0.4 is 4.74 Å². The highest BCUT2D eigenvalue weighted by Crippen LogP contribution is 2.27. The number of aryl methyl sites for hydroxylation is 1. The van der Waals surface area contributed by atoms with Gasteiger partial charge in [0.2, 0.25) is 0 Å². The lowest BCUT2D eigenvalue weighted by Gasteiger charge is -2.15. The third kappa shape index (κ3) is 5.39. The quantitative estimate of drug-likeness (QED) is 0.568. The Balaban J connectivity index is 2.70. The minimum atomic E-state index is -5.96. The van der Waals surface area contributed by atoms with Gasteiger partial charge in [0.25, 0.3) is 0 Å². The monoisotopic (exact) mass is 356 g/mol. The van der Waals surface area contributed by atoms with Crippen LogP contribution in [0.1, 0.15) is 18.4 Å². The first-order valence-corrected chi connectivity index (χ1v) is 7.83. The third-order valence-electron chi connectivity index (χ3n) is 2.91. The molecule has 0 aliphatic rings. The molecule has 1 atom stereocenters. The van der Waals surface area contributed by atoms with Gasteiger partial charge in [-0.25, -0.2) is 8.98 Å². The Labute approximate surface area is 130 Å². The molecule has 23 heavy (non-hydrogen) atoms. The molecule has 0 aromatic heterocycles. The van der Waals surface area contributed by atoms with Gasteiger partial charge in [-0.3, -0.25) is 0 Å². The maximum absolute atomic E-state index is 12.2. The number of methoxy groups -OCH3 is 1. The Bertz CT molecular complexity index is 641. The van der Waals surface area contributed by atoms with E-state index in [4.69, 9.17) is 9.84 Å². The van der Waals surface area contributed by atoms with E-state index in [1.54, 1.807) is 24.3 Å². The third-order valence-corrected chi connectivity index (χ3v) is 3.96. The lowest BCUT2D eigenvalue weighted by Crippen LogP contribution is -2.34. The summed E-state index contributed by atoms with van der Waals surface area (Å²) >= 11 is 0. The molecular weight excluding hydrogens is 341 g/mol. The molecule has 0 aliphatic heterocycles. The van der Waals surface area contributed by atoms with Crippen LogP contribution in [0.2, 0.25) is 0 Å². The number of ether oxygens (including phenoxy) is 1. The van der Waals surface area contributed by atoms with Gasteiger partial charge in [-0.05, 0) is 30.9 Å². The lowest BCUT2D eigenvalue weighted by molar-refractivity contribution is -0.146. The van der Waals surface area contributed by atoms with Gasteiger partial charge in [0.1, 0.15) is 5.75 Å². The van der Waals surface area contributed by atoms with E-state index in [0.29, 0.717) is 12.2 Å². The van der Waals surface area contributed by atoms with Crippen molar-refractivity contribution in [1.29, 1.82) is 0 Å².